The lowest BCUT2D eigenvalue weighted by molar-refractivity contribution is 0.183. The van der Waals surface area contributed by atoms with Crippen molar-refractivity contribution in [2.24, 2.45) is 0 Å². The van der Waals surface area contributed by atoms with Crippen molar-refractivity contribution in [1.82, 2.24) is 4.98 Å². The van der Waals surface area contributed by atoms with Crippen LogP contribution in [0.1, 0.15) is 23.8 Å². The number of aliphatic hydroxyl groups is 1. The average molecular weight is 197 g/mol. The van der Waals surface area contributed by atoms with E-state index in [1.165, 1.54) is 0 Å². The van der Waals surface area contributed by atoms with E-state index < -0.39 is 6.10 Å². The van der Waals surface area contributed by atoms with Gasteiger partial charge in [0.15, 0.2) is 0 Å². The molecule has 0 aliphatic heterocycles. The van der Waals surface area contributed by atoms with Gasteiger partial charge in [-0.1, -0.05) is 11.6 Å². The Labute approximate surface area is 81.6 Å². The van der Waals surface area contributed by atoms with E-state index >= 15 is 0 Å². The molecule has 1 aromatic heterocycles. The van der Waals surface area contributed by atoms with Gasteiger partial charge < -0.3 is 5.11 Å². The van der Waals surface area contributed by atoms with Crippen LogP contribution in [-0.2, 0) is 0 Å². The molecule has 0 aromatic carbocycles. The molecule has 0 amide bonds. The van der Waals surface area contributed by atoms with Crippen LogP contribution in [0.25, 0.3) is 0 Å². The molecule has 0 saturated heterocycles. The second-order valence-electron chi connectivity index (χ2n) is 2.74. The summed E-state index contributed by atoms with van der Waals surface area (Å²) in [5.74, 6) is 0. The van der Waals surface area contributed by atoms with Crippen LogP contribution in [0.3, 0.4) is 0 Å². The van der Waals surface area contributed by atoms with Crippen molar-refractivity contribution < 1.29 is 5.11 Å². The Morgan fingerprint density at radius 1 is 1.69 bits per heavy atom. The SMILES string of the molecule is Cc1cc(C(O)CC#N)cc(Cl)n1. The molecule has 1 heterocycles. The van der Waals surface area contributed by atoms with Crippen molar-refractivity contribution in [3.05, 3.63) is 28.5 Å². The van der Waals surface area contributed by atoms with Crippen LogP contribution in [-0.4, -0.2) is 10.1 Å². The molecule has 0 aliphatic carbocycles. The molecule has 0 radical (unpaired) electrons. The highest BCUT2D eigenvalue weighted by Crippen LogP contribution is 2.19. The minimum absolute atomic E-state index is 0.0692. The van der Waals surface area contributed by atoms with E-state index in [0.717, 1.165) is 5.69 Å². The number of hydrogen-bond acceptors (Lipinski definition) is 3. The molecule has 0 aliphatic rings. The summed E-state index contributed by atoms with van der Waals surface area (Å²) in [4.78, 5) is 3.95. The fourth-order valence-electron chi connectivity index (χ4n) is 1.05. The van der Waals surface area contributed by atoms with Crippen molar-refractivity contribution in [1.29, 1.82) is 5.26 Å². The fraction of sp³-hybridized carbons (Fsp3) is 0.333. The molecule has 68 valence electrons. The summed E-state index contributed by atoms with van der Waals surface area (Å²) < 4.78 is 0. The van der Waals surface area contributed by atoms with Gasteiger partial charge in [-0.2, -0.15) is 5.26 Å². The molecule has 1 unspecified atom stereocenters. The molecule has 1 aromatic rings. The van der Waals surface area contributed by atoms with Crippen LogP contribution in [0.4, 0.5) is 0 Å². The molecule has 1 rings (SSSR count). The first kappa shape index (κ1) is 9.97. The standard InChI is InChI=1S/C9H9ClN2O/c1-6-4-7(5-9(10)12-6)8(13)2-3-11/h4-5,8,13H,2H2,1H3. The van der Waals surface area contributed by atoms with Crippen molar-refractivity contribution in [2.75, 3.05) is 0 Å². The zero-order valence-corrected chi connectivity index (χ0v) is 7.91. The van der Waals surface area contributed by atoms with Crippen molar-refractivity contribution in [2.45, 2.75) is 19.4 Å². The van der Waals surface area contributed by atoms with Gasteiger partial charge in [0.25, 0.3) is 0 Å². The van der Waals surface area contributed by atoms with Crippen LogP contribution in [0.15, 0.2) is 12.1 Å². The lowest BCUT2D eigenvalue weighted by Crippen LogP contribution is -1.97. The molecular weight excluding hydrogens is 188 g/mol. The molecule has 0 bridgehead atoms. The first-order valence-electron chi connectivity index (χ1n) is 3.82. The highest BCUT2D eigenvalue weighted by atomic mass is 35.5. The topological polar surface area (TPSA) is 56.9 Å². The molecule has 3 nitrogen and oxygen atoms in total. The Hall–Kier alpha value is -1.11. The maximum atomic E-state index is 9.46. The highest BCUT2D eigenvalue weighted by molar-refractivity contribution is 6.29. The minimum Gasteiger partial charge on any atom is -0.387 e. The van der Waals surface area contributed by atoms with Gasteiger partial charge in [0.2, 0.25) is 0 Å². The molecule has 1 N–H and O–H groups in total. The summed E-state index contributed by atoms with van der Waals surface area (Å²) in [7, 11) is 0. The normalized spacial score (nSPS) is 12.2. The lowest BCUT2D eigenvalue weighted by Gasteiger charge is -2.07. The smallest absolute Gasteiger partial charge is 0.129 e. The number of halogens is 1. The van der Waals surface area contributed by atoms with Gasteiger partial charge in [-0.25, -0.2) is 4.98 Å². The van der Waals surface area contributed by atoms with Crippen LogP contribution in [0.2, 0.25) is 5.15 Å². The molecule has 0 fully saturated rings. The lowest BCUT2D eigenvalue weighted by atomic mass is 10.1. The number of aliphatic hydroxyl groups excluding tert-OH is 1. The van der Waals surface area contributed by atoms with Crippen molar-refractivity contribution >= 4 is 11.6 Å². The van der Waals surface area contributed by atoms with Gasteiger partial charge in [0, 0.05) is 5.69 Å². The summed E-state index contributed by atoms with van der Waals surface area (Å²) in [5.41, 5.74) is 1.37. The number of hydrogen-bond donors (Lipinski definition) is 1. The number of nitrogens with zero attached hydrogens (tertiary/aromatic N) is 2. The molecule has 0 spiro atoms. The van der Waals surface area contributed by atoms with Gasteiger partial charge in [0.05, 0.1) is 18.6 Å². The van der Waals surface area contributed by atoms with E-state index in [9.17, 15) is 5.11 Å². The van der Waals surface area contributed by atoms with Gasteiger partial charge in [-0.3, -0.25) is 0 Å². The second-order valence-corrected chi connectivity index (χ2v) is 3.13. The molecule has 1 atom stereocenters. The van der Waals surface area contributed by atoms with E-state index in [4.69, 9.17) is 16.9 Å². The zero-order valence-electron chi connectivity index (χ0n) is 7.16. The molecule has 4 heteroatoms. The largest absolute Gasteiger partial charge is 0.387 e. The Bertz CT molecular complexity index is 326. The van der Waals surface area contributed by atoms with Gasteiger partial charge in [-0.05, 0) is 24.6 Å². The first-order valence-corrected chi connectivity index (χ1v) is 4.20. The van der Waals surface area contributed by atoms with E-state index in [0.29, 0.717) is 10.7 Å². The van der Waals surface area contributed by atoms with E-state index in [2.05, 4.69) is 4.98 Å². The minimum atomic E-state index is -0.774. The van der Waals surface area contributed by atoms with Crippen LogP contribution in [0.5, 0.6) is 0 Å². The number of aromatic nitrogens is 1. The Morgan fingerprint density at radius 3 is 2.92 bits per heavy atom. The highest BCUT2D eigenvalue weighted by Gasteiger charge is 2.08. The Morgan fingerprint density at radius 2 is 2.38 bits per heavy atom. The number of nitriles is 1. The summed E-state index contributed by atoms with van der Waals surface area (Å²) in [6.07, 6.45) is -0.705. The number of pyridine rings is 1. The van der Waals surface area contributed by atoms with Gasteiger partial charge >= 0.3 is 0 Å². The van der Waals surface area contributed by atoms with Gasteiger partial charge in [0.1, 0.15) is 5.15 Å². The third kappa shape index (κ3) is 2.69. The third-order valence-electron chi connectivity index (χ3n) is 1.61. The van der Waals surface area contributed by atoms with E-state index in [-0.39, 0.29) is 6.42 Å². The predicted molar refractivity (Wildman–Crippen MR) is 49.2 cm³/mol. The monoisotopic (exact) mass is 196 g/mol. The molecule has 0 saturated carbocycles. The summed E-state index contributed by atoms with van der Waals surface area (Å²) in [6.45, 7) is 1.79. The van der Waals surface area contributed by atoms with Crippen LogP contribution < -0.4 is 0 Å². The summed E-state index contributed by atoms with van der Waals surface area (Å²) >= 11 is 5.69. The summed E-state index contributed by atoms with van der Waals surface area (Å²) in [6, 6.07) is 5.17. The number of rotatable bonds is 2. The van der Waals surface area contributed by atoms with Crippen molar-refractivity contribution in [3.63, 3.8) is 0 Å². The van der Waals surface area contributed by atoms with E-state index in [1.807, 2.05) is 6.07 Å². The predicted octanol–water partition coefficient (Wildman–Crippen LogP) is 1.99. The van der Waals surface area contributed by atoms with Gasteiger partial charge in [-0.15, -0.1) is 0 Å². The fourth-order valence-corrected chi connectivity index (χ4v) is 1.31. The number of aryl methyl sites for hydroxylation is 1. The molecule has 13 heavy (non-hydrogen) atoms. The Balaban J connectivity index is 2.95. The first-order chi connectivity index (χ1) is 6.13. The maximum absolute atomic E-state index is 9.46. The van der Waals surface area contributed by atoms with Crippen LogP contribution in [0, 0.1) is 18.3 Å². The Kier molecular flexibility index (Phi) is 3.24. The van der Waals surface area contributed by atoms with Crippen LogP contribution >= 0.6 is 11.6 Å². The summed E-state index contributed by atoms with van der Waals surface area (Å²) in [5, 5.41) is 18.2. The van der Waals surface area contributed by atoms with E-state index in [1.54, 1.807) is 19.1 Å². The third-order valence-corrected chi connectivity index (χ3v) is 1.81. The van der Waals surface area contributed by atoms with Crippen molar-refractivity contribution in [3.8, 4) is 6.07 Å². The maximum Gasteiger partial charge on any atom is 0.129 e. The second kappa shape index (κ2) is 4.22. The quantitative estimate of drug-likeness (QED) is 0.736. The molecular formula is C9H9ClN2O. The zero-order chi connectivity index (χ0) is 9.84. The average Bonchev–Trinajstić information content (AvgIpc) is 2.03.